The van der Waals surface area contributed by atoms with E-state index in [4.69, 9.17) is 0 Å². The summed E-state index contributed by atoms with van der Waals surface area (Å²) in [6, 6.07) is 15.2. The molecule has 0 saturated heterocycles. The fourth-order valence-corrected chi connectivity index (χ4v) is 2.44. The Morgan fingerprint density at radius 3 is 2.23 bits per heavy atom. The number of benzene rings is 3. The zero-order valence-corrected chi connectivity index (χ0v) is 11.4. The van der Waals surface area contributed by atoms with E-state index in [1.165, 1.54) is 30.3 Å². The number of fused-ring (bicyclic) bond motifs is 1. The van der Waals surface area contributed by atoms with Crippen LogP contribution >= 0.6 is 0 Å². The topological polar surface area (TPSA) is 54.4 Å². The molecule has 3 aromatic rings. The first kappa shape index (κ1) is 13.9. The highest BCUT2D eigenvalue weighted by Gasteiger charge is 2.20. The molecule has 0 aliphatic rings. The van der Waals surface area contributed by atoms with Gasteiger partial charge in [0, 0.05) is 11.1 Å². The van der Waals surface area contributed by atoms with Crippen molar-refractivity contribution < 1.29 is 19.1 Å². The minimum absolute atomic E-state index is 0.0620. The second-order valence-electron chi connectivity index (χ2n) is 4.85. The third kappa shape index (κ3) is 2.35. The number of carbonyl (C=O) groups excluding carboxylic acids is 1. The van der Waals surface area contributed by atoms with Crippen molar-refractivity contribution in [3.63, 3.8) is 0 Å². The second-order valence-corrected chi connectivity index (χ2v) is 4.85. The molecule has 22 heavy (non-hydrogen) atoms. The maximum absolute atomic E-state index is 13.0. The van der Waals surface area contributed by atoms with Crippen LogP contribution in [0.4, 0.5) is 4.39 Å². The Labute approximate surface area is 125 Å². The Balaban J connectivity index is 2.27. The standard InChI is InChI=1S/C18H11FO3/c19-13-8-5-12(6-9-13)17(20)16-14-4-2-1-3-11(14)7-10-15(16)18(21)22/h1-10H,(H,21,22). The van der Waals surface area contributed by atoms with Crippen LogP contribution < -0.4 is 0 Å². The van der Waals surface area contributed by atoms with Gasteiger partial charge in [-0.2, -0.15) is 0 Å². The number of carbonyl (C=O) groups is 2. The van der Waals surface area contributed by atoms with Crippen LogP contribution in [0.2, 0.25) is 0 Å². The molecule has 1 N–H and O–H groups in total. The highest BCUT2D eigenvalue weighted by Crippen LogP contribution is 2.25. The van der Waals surface area contributed by atoms with E-state index in [1.54, 1.807) is 18.2 Å². The normalized spacial score (nSPS) is 10.6. The van der Waals surface area contributed by atoms with Crippen LogP contribution in [0.3, 0.4) is 0 Å². The minimum atomic E-state index is -1.17. The average Bonchev–Trinajstić information content (AvgIpc) is 2.53. The van der Waals surface area contributed by atoms with E-state index < -0.39 is 17.6 Å². The van der Waals surface area contributed by atoms with Crippen molar-refractivity contribution >= 4 is 22.5 Å². The zero-order valence-electron chi connectivity index (χ0n) is 11.4. The van der Waals surface area contributed by atoms with Crippen molar-refractivity contribution in [2.45, 2.75) is 0 Å². The predicted octanol–water partition coefficient (Wildman–Crippen LogP) is 3.91. The molecular formula is C18H11FO3. The van der Waals surface area contributed by atoms with Gasteiger partial charge < -0.3 is 5.11 Å². The molecule has 0 amide bonds. The van der Waals surface area contributed by atoms with Gasteiger partial charge in [0.05, 0.1) is 5.56 Å². The number of hydrogen-bond donors (Lipinski definition) is 1. The summed E-state index contributed by atoms with van der Waals surface area (Å²) in [5.74, 6) is -2.06. The van der Waals surface area contributed by atoms with Crippen molar-refractivity contribution in [3.05, 3.63) is 83.2 Å². The van der Waals surface area contributed by atoms with Crippen molar-refractivity contribution in [3.8, 4) is 0 Å². The van der Waals surface area contributed by atoms with Gasteiger partial charge in [-0.15, -0.1) is 0 Å². The quantitative estimate of drug-likeness (QED) is 0.745. The fraction of sp³-hybridized carbons (Fsp3) is 0. The lowest BCUT2D eigenvalue weighted by atomic mass is 9.92. The predicted molar refractivity (Wildman–Crippen MR) is 80.7 cm³/mol. The van der Waals surface area contributed by atoms with Gasteiger partial charge in [-0.1, -0.05) is 30.3 Å². The van der Waals surface area contributed by atoms with Gasteiger partial charge in [0.25, 0.3) is 0 Å². The summed E-state index contributed by atoms with van der Waals surface area (Å²) in [6.07, 6.45) is 0. The lowest BCUT2D eigenvalue weighted by Gasteiger charge is -2.10. The summed E-state index contributed by atoms with van der Waals surface area (Å²) in [4.78, 5) is 24.2. The SMILES string of the molecule is O=C(O)c1ccc2ccccc2c1C(=O)c1ccc(F)cc1. The summed E-state index contributed by atoms with van der Waals surface area (Å²) >= 11 is 0. The first-order chi connectivity index (χ1) is 10.6. The molecular weight excluding hydrogens is 283 g/mol. The van der Waals surface area contributed by atoms with Gasteiger partial charge in [-0.05, 0) is 41.1 Å². The third-order valence-corrected chi connectivity index (χ3v) is 3.49. The molecule has 3 nitrogen and oxygen atoms in total. The Morgan fingerprint density at radius 1 is 0.864 bits per heavy atom. The summed E-state index contributed by atoms with van der Waals surface area (Å²) in [7, 11) is 0. The van der Waals surface area contributed by atoms with Crippen LogP contribution in [0.5, 0.6) is 0 Å². The molecule has 0 bridgehead atoms. The van der Waals surface area contributed by atoms with Crippen molar-refractivity contribution in [2.75, 3.05) is 0 Å². The van der Waals surface area contributed by atoms with E-state index in [2.05, 4.69) is 0 Å². The summed E-state index contributed by atoms with van der Waals surface area (Å²) in [5.41, 5.74) is 0.311. The molecule has 0 saturated carbocycles. The van der Waals surface area contributed by atoms with Gasteiger partial charge in [-0.25, -0.2) is 9.18 Å². The van der Waals surface area contributed by atoms with Crippen molar-refractivity contribution in [2.24, 2.45) is 0 Å². The fourth-order valence-electron chi connectivity index (χ4n) is 2.44. The molecule has 0 aromatic heterocycles. The number of rotatable bonds is 3. The molecule has 0 aliphatic heterocycles. The van der Waals surface area contributed by atoms with Gasteiger partial charge in [0.1, 0.15) is 5.82 Å². The maximum atomic E-state index is 13.0. The Kier molecular flexibility index (Phi) is 3.43. The molecule has 0 spiro atoms. The van der Waals surface area contributed by atoms with Gasteiger partial charge in [0.15, 0.2) is 5.78 Å². The summed E-state index contributed by atoms with van der Waals surface area (Å²) in [5, 5.41) is 10.7. The number of aromatic carboxylic acids is 1. The summed E-state index contributed by atoms with van der Waals surface area (Å²) in [6.45, 7) is 0. The molecule has 0 unspecified atom stereocenters. The average molecular weight is 294 g/mol. The van der Waals surface area contributed by atoms with E-state index in [0.29, 0.717) is 5.39 Å². The largest absolute Gasteiger partial charge is 0.478 e. The first-order valence-corrected chi connectivity index (χ1v) is 6.63. The molecule has 0 fully saturated rings. The first-order valence-electron chi connectivity index (χ1n) is 6.63. The highest BCUT2D eigenvalue weighted by atomic mass is 19.1. The molecule has 3 rings (SSSR count). The molecule has 0 aliphatic carbocycles. The van der Waals surface area contributed by atoms with Crippen molar-refractivity contribution in [1.29, 1.82) is 0 Å². The highest BCUT2D eigenvalue weighted by molar-refractivity contribution is 6.21. The third-order valence-electron chi connectivity index (χ3n) is 3.49. The summed E-state index contributed by atoms with van der Waals surface area (Å²) < 4.78 is 13.0. The smallest absolute Gasteiger partial charge is 0.336 e. The van der Waals surface area contributed by atoms with E-state index in [1.807, 2.05) is 12.1 Å². The number of halogens is 1. The van der Waals surface area contributed by atoms with E-state index >= 15 is 0 Å². The monoisotopic (exact) mass is 294 g/mol. The number of ketones is 1. The Bertz CT molecular complexity index is 882. The number of hydrogen-bond acceptors (Lipinski definition) is 2. The lowest BCUT2D eigenvalue weighted by molar-refractivity contribution is 0.0693. The number of carboxylic acid groups (broad SMARTS) is 1. The number of carboxylic acids is 1. The molecule has 4 heteroatoms. The van der Waals surface area contributed by atoms with Crippen molar-refractivity contribution in [1.82, 2.24) is 0 Å². The van der Waals surface area contributed by atoms with Gasteiger partial charge in [-0.3, -0.25) is 4.79 Å². The van der Waals surface area contributed by atoms with E-state index in [0.717, 1.165) is 5.39 Å². The molecule has 3 aromatic carbocycles. The van der Waals surface area contributed by atoms with Gasteiger partial charge >= 0.3 is 5.97 Å². The van der Waals surface area contributed by atoms with Gasteiger partial charge in [0.2, 0.25) is 0 Å². The van der Waals surface area contributed by atoms with Crippen LogP contribution in [-0.4, -0.2) is 16.9 Å². The molecule has 108 valence electrons. The van der Waals surface area contributed by atoms with Crippen LogP contribution in [0.15, 0.2) is 60.7 Å². The Morgan fingerprint density at radius 2 is 1.55 bits per heavy atom. The van der Waals surface area contributed by atoms with Crippen LogP contribution in [0, 0.1) is 5.82 Å². The lowest BCUT2D eigenvalue weighted by Crippen LogP contribution is -2.10. The molecule has 0 atom stereocenters. The second kappa shape index (κ2) is 5.41. The minimum Gasteiger partial charge on any atom is -0.478 e. The molecule has 0 radical (unpaired) electrons. The Hall–Kier alpha value is -3.01. The van der Waals surface area contributed by atoms with E-state index in [-0.39, 0.29) is 16.7 Å². The maximum Gasteiger partial charge on any atom is 0.336 e. The van der Waals surface area contributed by atoms with Crippen LogP contribution in [-0.2, 0) is 0 Å². The zero-order chi connectivity index (χ0) is 15.7. The molecule has 0 heterocycles. The van der Waals surface area contributed by atoms with Crippen LogP contribution in [0.1, 0.15) is 26.3 Å². The van der Waals surface area contributed by atoms with Crippen LogP contribution in [0.25, 0.3) is 10.8 Å². The van der Waals surface area contributed by atoms with E-state index in [9.17, 15) is 19.1 Å².